The Hall–Kier alpha value is -0.960. The van der Waals surface area contributed by atoms with E-state index in [4.69, 9.17) is 4.42 Å². The van der Waals surface area contributed by atoms with Gasteiger partial charge in [-0.25, -0.2) is 4.98 Å². The van der Waals surface area contributed by atoms with Crippen molar-refractivity contribution in [1.82, 2.24) is 4.98 Å². The quantitative estimate of drug-likeness (QED) is 0.766. The molecule has 0 saturated carbocycles. The number of nitrogens with zero attached hydrogens (tertiary/aromatic N) is 1. The predicted octanol–water partition coefficient (Wildman–Crippen LogP) is 3.04. The van der Waals surface area contributed by atoms with Gasteiger partial charge < -0.3 is 4.42 Å². The van der Waals surface area contributed by atoms with E-state index in [0.29, 0.717) is 0 Å². The van der Waals surface area contributed by atoms with Crippen molar-refractivity contribution in [2.24, 2.45) is 0 Å². The van der Waals surface area contributed by atoms with Crippen molar-refractivity contribution in [1.29, 1.82) is 0 Å². The minimum Gasteiger partial charge on any atom is -0.443 e. The predicted molar refractivity (Wildman–Crippen MR) is 60.9 cm³/mol. The Balaban J connectivity index is 2.53. The molecule has 0 amide bonds. The van der Waals surface area contributed by atoms with Crippen LogP contribution >= 0.6 is 12.6 Å². The van der Waals surface area contributed by atoms with E-state index in [2.05, 4.69) is 37.5 Å². The first kappa shape index (κ1) is 9.59. The molecule has 2 nitrogen and oxygen atoms in total. The number of fused-ring (bicyclic) bond motifs is 1. The van der Waals surface area contributed by atoms with Gasteiger partial charge in [0.15, 0.2) is 12.0 Å². The molecule has 1 aromatic heterocycles. The molecule has 2 aromatic rings. The van der Waals surface area contributed by atoms with Crippen LogP contribution in [-0.2, 0) is 5.41 Å². The van der Waals surface area contributed by atoms with Gasteiger partial charge in [0.25, 0.3) is 0 Å². The first-order valence-corrected chi connectivity index (χ1v) is 5.21. The summed E-state index contributed by atoms with van der Waals surface area (Å²) in [6.07, 6.45) is 1.47. The zero-order valence-electron chi connectivity index (χ0n) is 8.32. The van der Waals surface area contributed by atoms with Crippen molar-refractivity contribution in [2.45, 2.75) is 19.3 Å². The van der Waals surface area contributed by atoms with Crippen molar-refractivity contribution in [3.05, 3.63) is 30.2 Å². The highest BCUT2D eigenvalue weighted by Crippen LogP contribution is 2.27. The van der Waals surface area contributed by atoms with E-state index in [-0.39, 0.29) is 5.41 Å². The van der Waals surface area contributed by atoms with Crippen LogP contribution in [0.1, 0.15) is 19.4 Å². The maximum Gasteiger partial charge on any atom is 0.181 e. The van der Waals surface area contributed by atoms with Crippen molar-refractivity contribution < 1.29 is 4.42 Å². The van der Waals surface area contributed by atoms with Gasteiger partial charge in [-0.15, -0.1) is 0 Å². The normalized spacial score (nSPS) is 12.2. The minimum absolute atomic E-state index is 0.0735. The van der Waals surface area contributed by atoms with Gasteiger partial charge in [-0.3, -0.25) is 0 Å². The van der Waals surface area contributed by atoms with E-state index in [0.717, 1.165) is 16.9 Å². The molecule has 0 saturated heterocycles. The van der Waals surface area contributed by atoms with Crippen LogP contribution in [0.3, 0.4) is 0 Å². The van der Waals surface area contributed by atoms with Crippen molar-refractivity contribution in [2.75, 3.05) is 5.75 Å². The molecule has 0 spiro atoms. The van der Waals surface area contributed by atoms with Crippen LogP contribution in [0.5, 0.6) is 0 Å². The standard InChI is InChI=1S/C11H13NOS/c1-11(2,6-14)8-3-4-9-10(5-8)13-7-12-9/h3-5,7,14H,6H2,1-2H3. The van der Waals surface area contributed by atoms with Crippen LogP contribution in [0.25, 0.3) is 11.1 Å². The van der Waals surface area contributed by atoms with Crippen LogP contribution in [0, 0.1) is 0 Å². The molecule has 1 aromatic carbocycles. The van der Waals surface area contributed by atoms with E-state index < -0.39 is 0 Å². The summed E-state index contributed by atoms with van der Waals surface area (Å²) in [6, 6.07) is 6.11. The molecule has 0 fully saturated rings. The average Bonchev–Trinajstić information content (AvgIpc) is 2.64. The Morgan fingerprint density at radius 1 is 1.43 bits per heavy atom. The van der Waals surface area contributed by atoms with Gasteiger partial charge in [0, 0.05) is 0 Å². The zero-order chi connectivity index (χ0) is 10.2. The summed E-state index contributed by atoms with van der Waals surface area (Å²) >= 11 is 4.35. The first-order chi connectivity index (χ1) is 6.63. The Bertz CT molecular complexity index is 447. The van der Waals surface area contributed by atoms with Gasteiger partial charge in [-0.1, -0.05) is 19.9 Å². The molecule has 0 aliphatic rings. The molecule has 3 heteroatoms. The largest absolute Gasteiger partial charge is 0.443 e. The monoisotopic (exact) mass is 207 g/mol. The summed E-state index contributed by atoms with van der Waals surface area (Å²) in [7, 11) is 0. The molecule has 0 aliphatic heterocycles. The molecular formula is C11H13NOS. The molecule has 74 valence electrons. The Labute approximate surface area is 88.7 Å². The Kier molecular flexibility index (Phi) is 2.27. The lowest BCUT2D eigenvalue weighted by Gasteiger charge is -2.22. The molecule has 2 rings (SSSR count). The average molecular weight is 207 g/mol. The Morgan fingerprint density at radius 2 is 2.21 bits per heavy atom. The second-order valence-electron chi connectivity index (χ2n) is 4.08. The lowest BCUT2D eigenvalue weighted by atomic mass is 9.87. The number of thiol groups is 1. The lowest BCUT2D eigenvalue weighted by Crippen LogP contribution is -2.18. The van der Waals surface area contributed by atoms with Crippen molar-refractivity contribution in [3.8, 4) is 0 Å². The smallest absolute Gasteiger partial charge is 0.181 e. The summed E-state index contributed by atoms with van der Waals surface area (Å²) in [6.45, 7) is 4.33. The van der Waals surface area contributed by atoms with Crippen molar-refractivity contribution in [3.63, 3.8) is 0 Å². The number of rotatable bonds is 2. The number of hydrogen-bond acceptors (Lipinski definition) is 3. The van der Waals surface area contributed by atoms with E-state index in [9.17, 15) is 0 Å². The van der Waals surface area contributed by atoms with Crippen LogP contribution in [-0.4, -0.2) is 10.7 Å². The SMILES string of the molecule is CC(C)(CS)c1ccc2ncoc2c1. The van der Waals surface area contributed by atoms with Crippen LogP contribution in [0.15, 0.2) is 29.0 Å². The second kappa shape index (κ2) is 3.31. The van der Waals surface area contributed by atoms with E-state index in [1.165, 1.54) is 12.0 Å². The van der Waals surface area contributed by atoms with Gasteiger partial charge >= 0.3 is 0 Å². The molecule has 14 heavy (non-hydrogen) atoms. The van der Waals surface area contributed by atoms with Gasteiger partial charge in [-0.2, -0.15) is 12.6 Å². The number of hydrogen-bond donors (Lipinski definition) is 1. The van der Waals surface area contributed by atoms with E-state index in [1.54, 1.807) is 0 Å². The number of benzene rings is 1. The van der Waals surface area contributed by atoms with Crippen LogP contribution in [0.2, 0.25) is 0 Å². The van der Waals surface area contributed by atoms with E-state index in [1.807, 2.05) is 12.1 Å². The second-order valence-corrected chi connectivity index (χ2v) is 4.39. The molecule has 0 N–H and O–H groups in total. The zero-order valence-corrected chi connectivity index (χ0v) is 9.21. The highest BCUT2D eigenvalue weighted by Gasteiger charge is 2.19. The third kappa shape index (κ3) is 1.52. The molecule has 0 radical (unpaired) electrons. The number of aromatic nitrogens is 1. The summed E-state index contributed by atoms with van der Waals surface area (Å²) < 4.78 is 5.26. The maximum atomic E-state index is 5.26. The number of oxazole rings is 1. The minimum atomic E-state index is 0.0735. The molecule has 1 heterocycles. The maximum absolute atomic E-state index is 5.26. The molecule has 0 aliphatic carbocycles. The highest BCUT2D eigenvalue weighted by atomic mass is 32.1. The van der Waals surface area contributed by atoms with E-state index >= 15 is 0 Å². The molecular weight excluding hydrogens is 194 g/mol. The summed E-state index contributed by atoms with van der Waals surface area (Å²) in [5, 5.41) is 0. The topological polar surface area (TPSA) is 26.0 Å². The van der Waals surface area contributed by atoms with Crippen LogP contribution in [0.4, 0.5) is 0 Å². The Morgan fingerprint density at radius 3 is 2.93 bits per heavy atom. The lowest BCUT2D eigenvalue weighted by molar-refractivity contribution is 0.588. The van der Waals surface area contributed by atoms with Crippen LogP contribution < -0.4 is 0 Å². The molecule has 0 unspecified atom stereocenters. The summed E-state index contributed by atoms with van der Waals surface area (Å²) in [5.74, 6) is 0.812. The van der Waals surface area contributed by atoms with Gasteiger partial charge in [0.1, 0.15) is 5.52 Å². The van der Waals surface area contributed by atoms with Gasteiger partial charge in [0.05, 0.1) is 0 Å². The fraction of sp³-hybridized carbons (Fsp3) is 0.364. The third-order valence-electron chi connectivity index (χ3n) is 2.51. The molecule has 0 atom stereocenters. The third-order valence-corrected chi connectivity index (χ3v) is 3.30. The van der Waals surface area contributed by atoms with Crippen molar-refractivity contribution >= 4 is 23.7 Å². The molecule has 0 bridgehead atoms. The van der Waals surface area contributed by atoms with Gasteiger partial charge in [0.2, 0.25) is 0 Å². The fourth-order valence-corrected chi connectivity index (χ4v) is 1.55. The summed E-state index contributed by atoms with van der Waals surface area (Å²) in [4.78, 5) is 4.08. The fourth-order valence-electron chi connectivity index (χ4n) is 1.37. The summed E-state index contributed by atoms with van der Waals surface area (Å²) in [5.41, 5.74) is 3.06. The first-order valence-electron chi connectivity index (χ1n) is 4.58. The highest BCUT2D eigenvalue weighted by molar-refractivity contribution is 7.80. The van der Waals surface area contributed by atoms with Gasteiger partial charge in [-0.05, 0) is 28.9 Å².